The van der Waals surface area contributed by atoms with Gasteiger partial charge in [-0.2, -0.15) is 0 Å². The molecule has 6 nitrogen and oxygen atoms in total. The molecule has 0 atom stereocenters. The summed E-state index contributed by atoms with van der Waals surface area (Å²) in [5.74, 6) is 1.45. The van der Waals surface area contributed by atoms with Gasteiger partial charge in [0.2, 0.25) is 5.91 Å². The van der Waals surface area contributed by atoms with Gasteiger partial charge in [-0.3, -0.25) is 9.59 Å². The van der Waals surface area contributed by atoms with Crippen LogP contribution < -0.4 is 15.4 Å². The van der Waals surface area contributed by atoms with Gasteiger partial charge in [-0.15, -0.1) is 0 Å². The number of ether oxygens (including phenoxy) is 1. The number of likely N-dealkylation sites (tertiary alicyclic amines) is 1. The molecule has 0 aliphatic carbocycles. The van der Waals surface area contributed by atoms with Gasteiger partial charge in [0.25, 0.3) is 5.91 Å². The van der Waals surface area contributed by atoms with E-state index in [1.165, 1.54) is 19.3 Å². The second-order valence-corrected chi connectivity index (χ2v) is 8.89. The molecular weight excluding hydrogens is 414 g/mol. The maximum atomic E-state index is 12.6. The van der Waals surface area contributed by atoms with Crippen molar-refractivity contribution in [2.45, 2.75) is 52.4 Å². The zero-order valence-corrected chi connectivity index (χ0v) is 19.9. The predicted octanol–water partition coefficient (Wildman–Crippen LogP) is 5.57. The summed E-state index contributed by atoms with van der Waals surface area (Å²) in [6.45, 7) is 6.95. The van der Waals surface area contributed by atoms with E-state index < -0.39 is 0 Å². The molecule has 0 unspecified atom stereocenters. The minimum atomic E-state index is -0.143. The van der Waals surface area contributed by atoms with Crippen LogP contribution in [0.25, 0.3) is 0 Å². The Labute approximate surface area is 197 Å². The first-order valence-corrected chi connectivity index (χ1v) is 12.2. The van der Waals surface area contributed by atoms with E-state index in [9.17, 15) is 9.59 Å². The van der Waals surface area contributed by atoms with E-state index in [4.69, 9.17) is 4.74 Å². The number of unbranched alkanes of at least 4 members (excludes halogenated alkanes) is 3. The van der Waals surface area contributed by atoms with Crippen molar-refractivity contribution in [3.63, 3.8) is 0 Å². The molecule has 1 aliphatic heterocycles. The fourth-order valence-electron chi connectivity index (χ4n) is 3.87. The summed E-state index contributed by atoms with van der Waals surface area (Å²) >= 11 is 0. The van der Waals surface area contributed by atoms with Crippen LogP contribution in [0, 0.1) is 5.92 Å². The van der Waals surface area contributed by atoms with Crippen LogP contribution >= 0.6 is 0 Å². The van der Waals surface area contributed by atoms with Gasteiger partial charge in [0.15, 0.2) is 0 Å². The van der Waals surface area contributed by atoms with Crippen molar-refractivity contribution in [2.24, 2.45) is 5.92 Å². The molecule has 2 amide bonds. The van der Waals surface area contributed by atoms with Gasteiger partial charge in [-0.25, -0.2) is 0 Å². The Kier molecular flexibility index (Phi) is 9.60. The van der Waals surface area contributed by atoms with Crippen LogP contribution in [0.15, 0.2) is 48.5 Å². The lowest BCUT2D eigenvalue weighted by atomic mass is 9.98. The van der Waals surface area contributed by atoms with E-state index in [2.05, 4.69) is 24.5 Å². The summed E-state index contributed by atoms with van der Waals surface area (Å²) in [4.78, 5) is 26.9. The van der Waals surface area contributed by atoms with E-state index in [1.54, 1.807) is 24.3 Å². The SMILES string of the molecule is CCCCCCOc1ccc(NCC(=O)Nc2ccc(C(=O)N3CCC(C)CC3)cc2)cc1. The molecule has 0 bridgehead atoms. The third-order valence-electron chi connectivity index (χ3n) is 6.06. The highest BCUT2D eigenvalue weighted by Gasteiger charge is 2.21. The van der Waals surface area contributed by atoms with E-state index in [0.29, 0.717) is 17.2 Å². The van der Waals surface area contributed by atoms with Gasteiger partial charge < -0.3 is 20.3 Å². The number of hydrogen-bond acceptors (Lipinski definition) is 4. The van der Waals surface area contributed by atoms with Gasteiger partial charge in [-0.05, 0) is 73.7 Å². The van der Waals surface area contributed by atoms with Gasteiger partial charge in [0.05, 0.1) is 13.2 Å². The van der Waals surface area contributed by atoms with Crippen LogP contribution in [0.4, 0.5) is 11.4 Å². The third-order valence-corrected chi connectivity index (χ3v) is 6.06. The number of piperidine rings is 1. The molecule has 1 aliphatic rings. The average Bonchev–Trinajstić information content (AvgIpc) is 2.84. The molecule has 33 heavy (non-hydrogen) atoms. The molecule has 0 saturated carbocycles. The van der Waals surface area contributed by atoms with Crippen LogP contribution in [0.2, 0.25) is 0 Å². The fraction of sp³-hybridized carbons (Fsp3) is 0.481. The second-order valence-electron chi connectivity index (χ2n) is 8.89. The number of carbonyl (C=O) groups excluding carboxylic acids is 2. The smallest absolute Gasteiger partial charge is 0.253 e. The average molecular weight is 452 g/mol. The minimum absolute atomic E-state index is 0.0647. The number of rotatable bonds is 11. The van der Waals surface area contributed by atoms with Crippen LogP contribution in [0.3, 0.4) is 0 Å². The number of amides is 2. The molecule has 2 N–H and O–H groups in total. The molecule has 3 rings (SSSR count). The van der Waals surface area contributed by atoms with Gasteiger partial charge in [0.1, 0.15) is 5.75 Å². The summed E-state index contributed by atoms with van der Waals surface area (Å²) in [7, 11) is 0. The molecule has 0 aromatic heterocycles. The number of benzene rings is 2. The van der Waals surface area contributed by atoms with Crippen molar-refractivity contribution < 1.29 is 14.3 Å². The van der Waals surface area contributed by atoms with Crippen molar-refractivity contribution in [3.8, 4) is 5.75 Å². The quantitative estimate of drug-likeness (QED) is 0.438. The molecule has 2 aromatic rings. The van der Waals surface area contributed by atoms with Gasteiger partial charge in [0, 0.05) is 30.0 Å². The van der Waals surface area contributed by atoms with Crippen LogP contribution in [0.1, 0.15) is 62.7 Å². The second kappa shape index (κ2) is 12.9. The molecule has 2 aromatic carbocycles. The van der Waals surface area contributed by atoms with E-state index >= 15 is 0 Å². The lowest BCUT2D eigenvalue weighted by Gasteiger charge is -2.30. The van der Waals surface area contributed by atoms with E-state index in [-0.39, 0.29) is 18.4 Å². The highest BCUT2D eigenvalue weighted by Crippen LogP contribution is 2.19. The van der Waals surface area contributed by atoms with E-state index in [1.807, 2.05) is 29.2 Å². The van der Waals surface area contributed by atoms with Crippen LogP contribution in [-0.4, -0.2) is 43.0 Å². The predicted molar refractivity (Wildman–Crippen MR) is 134 cm³/mol. The molecule has 178 valence electrons. The van der Waals surface area contributed by atoms with E-state index in [0.717, 1.165) is 50.4 Å². The Hall–Kier alpha value is -3.02. The monoisotopic (exact) mass is 451 g/mol. The summed E-state index contributed by atoms with van der Waals surface area (Å²) in [6.07, 6.45) is 6.85. The summed E-state index contributed by atoms with van der Waals surface area (Å²) in [5.41, 5.74) is 2.20. The number of carbonyl (C=O) groups is 2. The first-order valence-electron chi connectivity index (χ1n) is 12.2. The molecule has 6 heteroatoms. The number of anilines is 2. The Morgan fingerprint density at radius 2 is 1.61 bits per heavy atom. The number of nitrogens with zero attached hydrogens (tertiary/aromatic N) is 1. The van der Waals surface area contributed by atoms with Gasteiger partial charge >= 0.3 is 0 Å². The van der Waals surface area contributed by atoms with Crippen LogP contribution in [0.5, 0.6) is 5.75 Å². The zero-order valence-electron chi connectivity index (χ0n) is 19.9. The normalized spacial score (nSPS) is 14.1. The summed E-state index contributed by atoms with van der Waals surface area (Å²) < 4.78 is 5.75. The standard InChI is InChI=1S/C27H37N3O3/c1-3-4-5-6-19-33-25-13-11-23(12-14-25)28-20-26(31)29-24-9-7-22(8-10-24)27(32)30-17-15-21(2)16-18-30/h7-14,21,28H,3-6,15-20H2,1-2H3,(H,29,31). The molecule has 0 radical (unpaired) electrons. The van der Waals surface area contributed by atoms with Gasteiger partial charge in [-0.1, -0.05) is 33.1 Å². The Morgan fingerprint density at radius 3 is 2.27 bits per heavy atom. The van der Waals surface area contributed by atoms with Crippen molar-refractivity contribution in [2.75, 3.05) is 36.9 Å². The zero-order chi connectivity index (χ0) is 23.5. The summed E-state index contributed by atoms with van der Waals surface area (Å²) in [5, 5.41) is 5.99. The Bertz CT molecular complexity index is 872. The van der Waals surface area contributed by atoms with Crippen molar-refractivity contribution in [1.82, 2.24) is 4.90 Å². The van der Waals surface area contributed by atoms with Crippen molar-refractivity contribution >= 4 is 23.2 Å². The topological polar surface area (TPSA) is 70.7 Å². The molecule has 1 heterocycles. The van der Waals surface area contributed by atoms with Crippen molar-refractivity contribution in [3.05, 3.63) is 54.1 Å². The lowest BCUT2D eigenvalue weighted by molar-refractivity contribution is -0.114. The minimum Gasteiger partial charge on any atom is -0.494 e. The molecule has 1 fully saturated rings. The molecule has 0 spiro atoms. The Morgan fingerprint density at radius 1 is 0.939 bits per heavy atom. The maximum Gasteiger partial charge on any atom is 0.253 e. The highest BCUT2D eigenvalue weighted by atomic mass is 16.5. The first-order chi connectivity index (χ1) is 16.0. The lowest BCUT2D eigenvalue weighted by Crippen LogP contribution is -2.37. The van der Waals surface area contributed by atoms with Crippen molar-refractivity contribution in [1.29, 1.82) is 0 Å². The molecular formula is C27H37N3O3. The molecule has 1 saturated heterocycles. The fourth-order valence-corrected chi connectivity index (χ4v) is 3.87. The Balaban J connectivity index is 1.39. The van der Waals surface area contributed by atoms with Crippen LogP contribution in [-0.2, 0) is 4.79 Å². The largest absolute Gasteiger partial charge is 0.494 e. The third kappa shape index (κ3) is 8.12. The first kappa shape index (κ1) is 24.6. The number of nitrogens with one attached hydrogen (secondary N) is 2. The maximum absolute atomic E-state index is 12.6. The summed E-state index contributed by atoms with van der Waals surface area (Å²) in [6, 6.07) is 14.8. The number of hydrogen-bond donors (Lipinski definition) is 2. The highest BCUT2D eigenvalue weighted by molar-refractivity contribution is 5.96.